The monoisotopic (exact) mass is 556 g/mol. The summed E-state index contributed by atoms with van der Waals surface area (Å²) >= 11 is 0. The number of methoxy groups -OCH3 is 2. The van der Waals surface area contributed by atoms with Gasteiger partial charge in [0.25, 0.3) is 0 Å². The standard InChI is InChI=1S/C23H24O11.BrH/c1-30-11-6-14(26)12-8-17(33-23-21(29)20(28)19(27)18(9-24)34-23)22(32-15(12)7-11)10-3-4-13(25)16(5-10)31-2;/h3-8,18-21,23-24,27-29H,9H2,1-2H3,(H-,25,26);1H/t18-,19+,20+,21-,23-;/m1./s1. The van der Waals surface area contributed by atoms with Gasteiger partial charge in [0.05, 0.1) is 32.5 Å². The summed E-state index contributed by atoms with van der Waals surface area (Å²) in [5.74, 6) is 0.306. The van der Waals surface area contributed by atoms with Crippen molar-refractivity contribution in [1.82, 2.24) is 0 Å². The lowest BCUT2D eigenvalue weighted by atomic mass is 9.99. The van der Waals surface area contributed by atoms with Crippen molar-refractivity contribution in [1.29, 1.82) is 0 Å². The van der Waals surface area contributed by atoms with E-state index in [1.54, 1.807) is 6.07 Å². The second kappa shape index (κ2) is 10.8. The fourth-order valence-electron chi connectivity index (χ4n) is 3.69. The van der Waals surface area contributed by atoms with Crippen LogP contribution in [-0.2, 0) is 4.74 Å². The second-order valence-corrected chi connectivity index (χ2v) is 7.70. The Kier molecular flexibility index (Phi) is 8.26. The van der Waals surface area contributed by atoms with Crippen LogP contribution in [0.3, 0.4) is 0 Å². The van der Waals surface area contributed by atoms with Gasteiger partial charge in [-0.05, 0) is 12.1 Å². The molecule has 4 rings (SSSR count). The molecule has 0 aliphatic carbocycles. The first-order chi connectivity index (χ1) is 16.3. The maximum Gasteiger partial charge on any atom is 0.402 e. The molecule has 2 aromatic carbocycles. The summed E-state index contributed by atoms with van der Waals surface area (Å²) < 4.78 is 27.6. The molecule has 0 amide bonds. The van der Waals surface area contributed by atoms with Gasteiger partial charge in [0.15, 0.2) is 11.5 Å². The molecule has 0 bridgehead atoms. The molecule has 1 fully saturated rings. The zero-order chi connectivity index (χ0) is 24.6. The number of benzene rings is 2. The number of aliphatic hydroxyl groups is 4. The Morgan fingerprint density at radius 3 is 2.29 bits per heavy atom. The number of fused-ring (bicyclic) bond motifs is 1. The van der Waals surface area contributed by atoms with Crippen LogP contribution in [0.4, 0.5) is 0 Å². The van der Waals surface area contributed by atoms with E-state index in [-0.39, 0.29) is 56.7 Å². The summed E-state index contributed by atoms with van der Waals surface area (Å²) in [4.78, 5) is 0. The molecule has 0 saturated carbocycles. The lowest BCUT2D eigenvalue weighted by molar-refractivity contribution is -0.277. The van der Waals surface area contributed by atoms with Crippen molar-refractivity contribution in [3.05, 3.63) is 36.4 Å². The highest BCUT2D eigenvalue weighted by molar-refractivity contribution is 5.88. The fraction of sp³-hybridized carbons (Fsp3) is 0.348. The number of phenols is 2. The van der Waals surface area contributed by atoms with Crippen LogP contribution >= 0.6 is 0 Å². The molecule has 35 heavy (non-hydrogen) atoms. The maximum absolute atomic E-state index is 10.5. The van der Waals surface area contributed by atoms with Crippen LogP contribution in [0.1, 0.15) is 0 Å². The summed E-state index contributed by atoms with van der Waals surface area (Å²) in [5, 5.41) is 60.7. The molecule has 6 N–H and O–H groups in total. The summed E-state index contributed by atoms with van der Waals surface area (Å²) in [6.07, 6.45) is -7.56. The van der Waals surface area contributed by atoms with Crippen LogP contribution in [0.2, 0.25) is 0 Å². The minimum absolute atomic E-state index is 0. The summed E-state index contributed by atoms with van der Waals surface area (Å²) in [5.41, 5.74) is 0.637. The minimum Gasteiger partial charge on any atom is -1.00 e. The minimum atomic E-state index is -1.67. The largest absolute Gasteiger partial charge is 1.00 e. The van der Waals surface area contributed by atoms with Gasteiger partial charge in [0.2, 0.25) is 12.0 Å². The number of phenolic OH excluding ortho intramolecular Hbond substituents is 2. The summed E-state index contributed by atoms with van der Waals surface area (Å²) in [6, 6.07) is 8.76. The smallest absolute Gasteiger partial charge is 0.402 e. The Morgan fingerprint density at radius 1 is 0.886 bits per heavy atom. The number of aliphatic hydroxyl groups excluding tert-OH is 4. The normalized spacial score (nSPS) is 24.0. The van der Waals surface area contributed by atoms with Gasteiger partial charge >= 0.3 is 11.3 Å². The van der Waals surface area contributed by atoms with E-state index in [9.17, 15) is 30.6 Å². The zero-order valence-corrected chi connectivity index (χ0v) is 20.2. The fourth-order valence-corrected chi connectivity index (χ4v) is 3.69. The van der Waals surface area contributed by atoms with Crippen LogP contribution in [0.25, 0.3) is 22.3 Å². The van der Waals surface area contributed by atoms with Crippen LogP contribution < -0.4 is 31.2 Å². The van der Waals surface area contributed by atoms with E-state index < -0.39 is 37.3 Å². The van der Waals surface area contributed by atoms with E-state index in [1.165, 1.54) is 44.6 Å². The van der Waals surface area contributed by atoms with Crippen LogP contribution in [0.15, 0.2) is 40.8 Å². The van der Waals surface area contributed by atoms with Crippen LogP contribution in [-0.4, -0.2) is 82.2 Å². The molecule has 0 radical (unpaired) electrons. The molecule has 3 aromatic rings. The molecule has 5 atom stereocenters. The molecule has 0 unspecified atom stereocenters. The van der Waals surface area contributed by atoms with Crippen molar-refractivity contribution >= 4 is 11.0 Å². The number of halogens is 1. The highest BCUT2D eigenvalue weighted by atomic mass is 79.9. The lowest BCUT2D eigenvalue weighted by Gasteiger charge is -2.39. The quantitative estimate of drug-likeness (QED) is 0.185. The number of aromatic hydroxyl groups is 2. The Morgan fingerprint density at radius 2 is 1.63 bits per heavy atom. The molecular weight excluding hydrogens is 532 g/mol. The predicted octanol–water partition coefficient (Wildman–Crippen LogP) is -2.01. The molecule has 190 valence electrons. The number of ether oxygens (including phenoxy) is 4. The third-order valence-corrected chi connectivity index (χ3v) is 5.57. The molecule has 1 saturated heterocycles. The molecule has 1 aromatic heterocycles. The van der Waals surface area contributed by atoms with Crippen molar-refractivity contribution in [2.75, 3.05) is 20.8 Å². The third kappa shape index (κ3) is 5.08. The summed E-state index contributed by atoms with van der Waals surface area (Å²) in [7, 11) is 2.81. The first kappa shape index (κ1) is 26.7. The van der Waals surface area contributed by atoms with Gasteiger partial charge in [-0.1, -0.05) is 0 Å². The maximum atomic E-state index is 10.5. The van der Waals surface area contributed by atoms with Crippen molar-refractivity contribution in [3.63, 3.8) is 0 Å². The molecule has 2 heterocycles. The first-order valence-corrected chi connectivity index (χ1v) is 10.3. The van der Waals surface area contributed by atoms with Crippen LogP contribution in [0.5, 0.6) is 28.7 Å². The van der Waals surface area contributed by atoms with Gasteiger partial charge in [-0.2, -0.15) is 0 Å². The van der Waals surface area contributed by atoms with E-state index >= 15 is 0 Å². The Bertz CT molecular complexity index is 1190. The molecule has 1 aliphatic rings. The zero-order valence-electron chi connectivity index (χ0n) is 18.7. The molecule has 0 spiro atoms. The van der Waals surface area contributed by atoms with Crippen molar-refractivity contribution < 1.29 is 71.0 Å². The Hall–Kier alpha value is -2.87. The van der Waals surface area contributed by atoms with Gasteiger partial charge in [-0.15, -0.1) is 0 Å². The molecular formula is C23H25BrO11. The van der Waals surface area contributed by atoms with Gasteiger partial charge in [-0.3, -0.25) is 0 Å². The van der Waals surface area contributed by atoms with E-state index in [0.29, 0.717) is 11.3 Å². The van der Waals surface area contributed by atoms with E-state index in [0.717, 1.165) is 0 Å². The number of hydrogen-bond donors (Lipinski definition) is 6. The van der Waals surface area contributed by atoms with E-state index in [1.807, 2.05) is 0 Å². The SMILES string of the molecule is COc1cc(O)c2cc(O[C@@H]3O[C@H](CO)[C@H](O)[C@H](O)[C@H]3O)c(-c3ccc(O)c(OC)c3)[o+]c2c1.[Br-]. The van der Waals surface area contributed by atoms with Gasteiger partial charge < -0.3 is 66.6 Å². The first-order valence-electron chi connectivity index (χ1n) is 10.3. The summed E-state index contributed by atoms with van der Waals surface area (Å²) in [6.45, 7) is -0.629. The molecule has 11 nitrogen and oxygen atoms in total. The number of rotatable bonds is 6. The predicted molar refractivity (Wildman–Crippen MR) is 117 cm³/mol. The average molecular weight is 557 g/mol. The van der Waals surface area contributed by atoms with Crippen LogP contribution in [0, 0.1) is 0 Å². The topological polar surface area (TPSA) is 170 Å². The molecule has 12 heteroatoms. The highest BCUT2D eigenvalue weighted by Gasteiger charge is 2.45. The Labute approximate surface area is 210 Å². The van der Waals surface area contributed by atoms with E-state index in [4.69, 9.17) is 23.4 Å². The van der Waals surface area contributed by atoms with E-state index in [2.05, 4.69) is 0 Å². The van der Waals surface area contributed by atoms with Gasteiger partial charge in [0, 0.05) is 18.2 Å². The molecule has 1 aliphatic heterocycles. The highest BCUT2D eigenvalue weighted by Crippen LogP contribution is 2.42. The Balaban J connectivity index is 0.00000342. The van der Waals surface area contributed by atoms with Crippen molar-refractivity contribution in [3.8, 4) is 40.1 Å². The average Bonchev–Trinajstić information content (AvgIpc) is 2.84. The van der Waals surface area contributed by atoms with Gasteiger partial charge in [-0.25, -0.2) is 4.42 Å². The van der Waals surface area contributed by atoms with Gasteiger partial charge in [0.1, 0.15) is 41.3 Å². The third-order valence-electron chi connectivity index (χ3n) is 5.57. The van der Waals surface area contributed by atoms with Crippen molar-refractivity contribution in [2.45, 2.75) is 30.7 Å². The second-order valence-electron chi connectivity index (χ2n) is 7.70. The number of hydrogen-bond acceptors (Lipinski definition) is 10. The lowest BCUT2D eigenvalue weighted by Crippen LogP contribution is -3.00. The van der Waals surface area contributed by atoms with Crippen molar-refractivity contribution in [2.24, 2.45) is 0 Å².